The van der Waals surface area contributed by atoms with Crippen LogP contribution in [0.1, 0.15) is 0 Å². The second-order valence-electron chi connectivity index (χ2n) is 4.87. The van der Waals surface area contributed by atoms with E-state index in [0.717, 1.165) is 31.9 Å². The van der Waals surface area contributed by atoms with E-state index in [2.05, 4.69) is 21.7 Å². The van der Waals surface area contributed by atoms with Crippen molar-refractivity contribution in [2.75, 3.05) is 44.2 Å². The number of anilines is 1. The minimum absolute atomic E-state index is 0.0444. The molecule has 2 N–H and O–H groups in total. The zero-order valence-electron chi connectivity index (χ0n) is 11.6. The summed E-state index contributed by atoms with van der Waals surface area (Å²) in [4.78, 5) is 16.0. The molecule has 1 aromatic carbocycles. The molecule has 0 radical (unpaired) electrons. The third-order valence-corrected chi connectivity index (χ3v) is 3.40. The number of amides is 1. The summed E-state index contributed by atoms with van der Waals surface area (Å²) >= 11 is 0. The van der Waals surface area contributed by atoms with E-state index in [1.54, 1.807) is 18.2 Å². The summed E-state index contributed by atoms with van der Waals surface area (Å²) in [6.45, 7) is 8.04. The van der Waals surface area contributed by atoms with Crippen LogP contribution in [0.25, 0.3) is 0 Å². The van der Waals surface area contributed by atoms with Crippen LogP contribution in [0.3, 0.4) is 0 Å². The molecular weight excluding hydrogens is 254 g/mol. The first-order valence-electron chi connectivity index (χ1n) is 6.83. The van der Waals surface area contributed by atoms with E-state index in [1.165, 1.54) is 0 Å². The van der Waals surface area contributed by atoms with Crippen LogP contribution in [0.4, 0.5) is 5.69 Å². The molecular formula is C15H21N3O2. The largest absolute Gasteiger partial charge is 0.508 e. The number of hydrogen-bond acceptors (Lipinski definition) is 4. The number of rotatable bonds is 5. The highest BCUT2D eigenvalue weighted by molar-refractivity contribution is 5.78. The Kier molecular flexibility index (Phi) is 5.01. The molecule has 0 atom stereocenters. The maximum atomic E-state index is 11.6. The smallest absolute Gasteiger partial charge is 0.234 e. The van der Waals surface area contributed by atoms with Crippen LogP contribution in [0.15, 0.2) is 36.9 Å². The topological polar surface area (TPSA) is 55.8 Å². The molecule has 0 bridgehead atoms. The normalized spacial score (nSPS) is 15.9. The standard InChI is InChI=1S/C15H21N3O2/c1-2-7-16-15(20)12-17-8-10-18(11-9-17)13-3-5-14(19)6-4-13/h2-6,19H,1,7-12H2,(H,16,20). The Hall–Kier alpha value is -2.01. The van der Waals surface area contributed by atoms with E-state index in [4.69, 9.17) is 0 Å². The van der Waals surface area contributed by atoms with Gasteiger partial charge in [0.25, 0.3) is 0 Å². The molecule has 5 heteroatoms. The summed E-state index contributed by atoms with van der Waals surface area (Å²) in [6, 6.07) is 7.23. The molecule has 0 aliphatic carbocycles. The van der Waals surface area contributed by atoms with Crippen molar-refractivity contribution >= 4 is 11.6 Å². The van der Waals surface area contributed by atoms with E-state index in [9.17, 15) is 9.90 Å². The van der Waals surface area contributed by atoms with Gasteiger partial charge in [-0.05, 0) is 24.3 Å². The first-order chi connectivity index (χ1) is 9.69. The van der Waals surface area contributed by atoms with Crippen LogP contribution < -0.4 is 10.2 Å². The lowest BCUT2D eigenvalue weighted by molar-refractivity contribution is -0.122. The molecule has 0 unspecified atom stereocenters. The first kappa shape index (κ1) is 14.4. The van der Waals surface area contributed by atoms with Crippen molar-refractivity contribution in [1.29, 1.82) is 0 Å². The minimum Gasteiger partial charge on any atom is -0.508 e. The van der Waals surface area contributed by atoms with Crippen LogP contribution in [-0.2, 0) is 4.79 Å². The monoisotopic (exact) mass is 275 g/mol. The lowest BCUT2D eigenvalue weighted by atomic mass is 10.2. The number of hydrogen-bond donors (Lipinski definition) is 2. The van der Waals surface area contributed by atoms with E-state index >= 15 is 0 Å². The van der Waals surface area contributed by atoms with Gasteiger partial charge in [-0.1, -0.05) is 6.08 Å². The van der Waals surface area contributed by atoms with Crippen LogP contribution in [0.2, 0.25) is 0 Å². The van der Waals surface area contributed by atoms with E-state index < -0.39 is 0 Å². The second-order valence-corrected chi connectivity index (χ2v) is 4.87. The predicted octanol–water partition coefficient (Wildman–Crippen LogP) is 0.816. The Morgan fingerprint density at radius 1 is 1.25 bits per heavy atom. The highest BCUT2D eigenvalue weighted by atomic mass is 16.3. The summed E-state index contributed by atoms with van der Waals surface area (Å²) < 4.78 is 0. The van der Waals surface area contributed by atoms with Gasteiger partial charge in [0.15, 0.2) is 0 Å². The van der Waals surface area contributed by atoms with Gasteiger partial charge in [0, 0.05) is 38.4 Å². The van der Waals surface area contributed by atoms with Gasteiger partial charge in [0.05, 0.1) is 6.54 Å². The van der Waals surface area contributed by atoms with E-state index in [0.29, 0.717) is 13.1 Å². The third kappa shape index (κ3) is 3.99. The van der Waals surface area contributed by atoms with Crippen molar-refractivity contribution in [1.82, 2.24) is 10.2 Å². The highest BCUT2D eigenvalue weighted by Gasteiger charge is 2.18. The number of benzene rings is 1. The Morgan fingerprint density at radius 2 is 1.90 bits per heavy atom. The molecule has 1 amide bonds. The molecule has 0 saturated carbocycles. The number of phenols is 1. The molecule has 5 nitrogen and oxygen atoms in total. The molecule has 20 heavy (non-hydrogen) atoms. The maximum Gasteiger partial charge on any atom is 0.234 e. The fourth-order valence-corrected chi connectivity index (χ4v) is 2.27. The summed E-state index contributed by atoms with van der Waals surface area (Å²) in [5.41, 5.74) is 1.11. The molecule has 1 heterocycles. The van der Waals surface area contributed by atoms with Crippen molar-refractivity contribution in [2.45, 2.75) is 0 Å². The SMILES string of the molecule is C=CCNC(=O)CN1CCN(c2ccc(O)cc2)CC1. The second kappa shape index (κ2) is 6.96. The Bertz CT molecular complexity index is 451. The summed E-state index contributed by atoms with van der Waals surface area (Å²) in [7, 11) is 0. The number of piperazine rings is 1. The summed E-state index contributed by atoms with van der Waals surface area (Å²) in [5, 5.41) is 12.1. The summed E-state index contributed by atoms with van der Waals surface area (Å²) in [5.74, 6) is 0.328. The summed E-state index contributed by atoms with van der Waals surface area (Å²) in [6.07, 6.45) is 1.68. The van der Waals surface area contributed by atoms with Gasteiger partial charge in [0.2, 0.25) is 5.91 Å². The fraction of sp³-hybridized carbons (Fsp3) is 0.400. The Labute approximate surface area is 119 Å². The van der Waals surface area contributed by atoms with Crippen molar-refractivity contribution in [3.8, 4) is 5.75 Å². The molecule has 1 aliphatic rings. The average molecular weight is 275 g/mol. The van der Waals surface area contributed by atoms with E-state index in [1.807, 2.05) is 12.1 Å². The molecule has 1 aromatic rings. The molecule has 1 saturated heterocycles. The number of nitrogens with one attached hydrogen (secondary N) is 1. The molecule has 108 valence electrons. The maximum absolute atomic E-state index is 11.6. The lowest BCUT2D eigenvalue weighted by Crippen LogP contribution is -2.49. The Morgan fingerprint density at radius 3 is 2.50 bits per heavy atom. The van der Waals surface area contributed by atoms with Crippen molar-refractivity contribution < 1.29 is 9.90 Å². The van der Waals surface area contributed by atoms with Crippen LogP contribution >= 0.6 is 0 Å². The van der Waals surface area contributed by atoms with Crippen molar-refractivity contribution in [3.05, 3.63) is 36.9 Å². The van der Waals surface area contributed by atoms with Gasteiger partial charge in [-0.25, -0.2) is 0 Å². The minimum atomic E-state index is 0.0444. The van der Waals surface area contributed by atoms with Crippen molar-refractivity contribution in [2.24, 2.45) is 0 Å². The molecule has 1 fully saturated rings. The van der Waals surface area contributed by atoms with E-state index in [-0.39, 0.29) is 11.7 Å². The molecule has 0 spiro atoms. The molecule has 2 rings (SSSR count). The predicted molar refractivity (Wildman–Crippen MR) is 80.0 cm³/mol. The van der Waals surface area contributed by atoms with Gasteiger partial charge in [0.1, 0.15) is 5.75 Å². The molecule has 0 aromatic heterocycles. The van der Waals surface area contributed by atoms with Crippen LogP contribution in [0, 0.1) is 0 Å². The molecule has 1 aliphatic heterocycles. The zero-order chi connectivity index (χ0) is 14.4. The van der Waals surface area contributed by atoms with Gasteiger partial charge in [-0.15, -0.1) is 6.58 Å². The van der Waals surface area contributed by atoms with Gasteiger partial charge in [-0.2, -0.15) is 0 Å². The first-order valence-corrected chi connectivity index (χ1v) is 6.83. The average Bonchev–Trinajstić information content (AvgIpc) is 2.47. The number of aromatic hydroxyl groups is 1. The van der Waals surface area contributed by atoms with Gasteiger partial charge in [-0.3, -0.25) is 9.69 Å². The van der Waals surface area contributed by atoms with Crippen LogP contribution in [0.5, 0.6) is 5.75 Å². The lowest BCUT2D eigenvalue weighted by Gasteiger charge is -2.35. The third-order valence-electron chi connectivity index (χ3n) is 3.40. The van der Waals surface area contributed by atoms with Gasteiger partial charge >= 0.3 is 0 Å². The highest BCUT2D eigenvalue weighted by Crippen LogP contribution is 2.19. The fourth-order valence-electron chi connectivity index (χ4n) is 2.27. The Balaban J connectivity index is 1.78. The number of phenolic OH excluding ortho intramolecular Hbond substituents is 1. The quantitative estimate of drug-likeness (QED) is 0.781. The van der Waals surface area contributed by atoms with Crippen molar-refractivity contribution in [3.63, 3.8) is 0 Å². The van der Waals surface area contributed by atoms with Crippen LogP contribution in [-0.4, -0.2) is 55.2 Å². The number of carbonyl (C=O) groups excluding carboxylic acids is 1. The number of carbonyl (C=O) groups is 1. The zero-order valence-corrected chi connectivity index (χ0v) is 11.6. The van der Waals surface area contributed by atoms with Gasteiger partial charge < -0.3 is 15.3 Å². The number of nitrogens with zero attached hydrogens (tertiary/aromatic N) is 2.